The van der Waals surface area contributed by atoms with Gasteiger partial charge in [-0.15, -0.1) is 10.2 Å². The first-order chi connectivity index (χ1) is 16.5. The Kier molecular flexibility index (Phi) is 8.18. The molecule has 4 rings (SSSR count). The summed E-state index contributed by atoms with van der Waals surface area (Å²) in [7, 11) is 0. The quantitative estimate of drug-likeness (QED) is 0.467. The van der Waals surface area contributed by atoms with E-state index in [2.05, 4.69) is 58.5 Å². The topological polar surface area (TPSA) is 72.3 Å². The van der Waals surface area contributed by atoms with Crippen LogP contribution < -0.4 is 10.2 Å². The number of amides is 1. The van der Waals surface area contributed by atoms with E-state index in [1.165, 1.54) is 35.0 Å². The zero-order valence-electron chi connectivity index (χ0n) is 19.5. The lowest BCUT2D eigenvalue weighted by atomic mass is 10.0. The number of nitrogens with one attached hydrogen (secondary N) is 1. The Bertz CT molecular complexity index is 1100. The zero-order chi connectivity index (χ0) is 23.9. The van der Waals surface area contributed by atoms with Crippen LogP contribution in [0.1, 0.15) is 30.9 Å². The summed E-state index contributed by atoms with van der Waals surface area (Å²) in [4.78, 5) is 14.5. The minimum atomic E-state index is -0.339. The van der Waals surface area contributed by atoms with Crippen LogP contribution in [0.4, 0.5) is 10.3 Å². The molecule has 0 radical (unpaired) electrons. The lowest BCUT2D eigenvalue weighted by Gasteiger charge is -2.27. The summed E-state index contributed by atoms with van der Waals surface area (Å²) in [6.07, 6.45) is 0.773. The van der Waals surface area contributed by atoms with Crippen LogP contribution in [0.2, 0.25) is 0 Å². The molecule has 0 spiro atoms. The van der Waals surface area contributed by atoms with Crippen molar-refractivity contribution >= 4 is 23.6 Å². The number of hydrogen-bond donors (Lipinski definition) is 1. The van der Waals surface area contributed by atoms with Crippen molar-refractivity contribution in [2.75, 3.05) is 43.5 Å². The van der Waals surface area contributed by atoms with E-state index in [-0.39, 0.29) is 17.5 Å². The highest BCUT2D eigenvalue weighted by atomic mass is 32.2. The predicted octanol–water partition coefficient (Wildman–Crippen LogP) is 3.82. The second kappa shape index (κ2) is 11.5. The summed E-state index contributed by atoms with van der Waals surface area (Å²) < 4.78 is 21.2. The summed E-state index contributed by atoms with van der Waals surface area (Å²) in [5.74, 6) is 0.911. The highest BCUT2D eigenvalue weighted by Crippen LogP contribution is 2.27. The van der Waals surface area contributed by atoms with E-state index in [0.717, 1.165) is 6.42 Å². The van der Waals surface area contributed by atoms with Crippen LogP contribution >= 0.6 is 11.8 Å². The van der Waals surface area contributed by atoms with Gasteiger partial charge in [0.05, 0.1) is 24.7 Å². The van der Waals surface area contributed by atoms with Gasteiger partial charge in [0.2, 0.25) is 11.9 Å². The second-order valence-electron chi connectivity index (χ2n) is 8.48. The largest absolute Gasteiger partial charge is 0.378 e. The minimum Gasteiger partial charge on any atom is -0.378 e. The van der Waals surface area contributed by atoms with Gasteiger partial charge in [0.1, 0.15) is 5.82 Å². The number of nitrogens with zero attached hydrogens (tertiary/aromatic N) is 4. The molecular weight excluding hydrogens is 453 g/mol. The highest BCUT2D eigenvalue weighted by Gasteiger charge is 2.22. The van der Waals surface area contributed by atoms with Crippen molar-refractivity contribution in [3.05, 3.63) is 65.5 Å². The molecule has 3 aromatic rings. The summed E-state index contributed by atoms with van der Waals surface area (Å²) >= 11 is 1.29. The van der Waals surface area contributed by atoms with Gasteiger partial charge in [0.15, 0.2) is 5.16 Å². The number of rotatable bonds is 9. The van der Waals surface area contributed by atoms with E-state index < -0.39 is 0 Å². The smallest absolute Gasteiger partial charge is 0.232 e. The van der Waals surface area contributed by atoms with Crippen LogP contribution in [-0.4, -0.2) is 59.3 Å². The van der Waals surface area contributed by atoms with E-state index in [4.69, 9.17) is 4.74 Å². The van der Waals surface area contributed by atoms with Crippen molar-refractivity contribution in [3.8, 4) is 5.69 Å². The molecule has 0 unspecified atom stereocenters. The fourth-order valence-electron chi connectivity index (χ4n) is 3.76. The molecule has 0 bridgehead atoms. The van der Waals surface area contributed by atoms with Gasteiger partial charge in [-0.25, -0.2) is 4.39 Å². The maximum absolute atomic E-state index is 14.0. The Hall–Kier alpha value is -2.91. The number of carbonyl (C=O) groups excluding carboxylic acids is 1. The molecule has 7 nitrogen and oxygen atoms in total. The predicted molar refractivity (Wildman–Crippen MR) is 132 cm³/mol. The van der Waals surface area contributed by atoms with Gasteiger partial charge >= 0.3 is 0 Å². The Morgan fingerprint density at radius 3 is 2.62 bits per heavy atom. The highest BCUT2D eigenvalue weighted by molar-refractivity contribution is 7.99. The maximum atomic E-state index is 14.0. The minimum absolute atomic E-state index is 0.0782. The normalized spacial score (nSPS) is 13.9. The van der Waals surface area contributed by atoms with Gasteiger partial charge in [-0.1, -0.05) is 55.9 Å². The van der Waals surface area contributed by atoms with E-state index in [9.17, 15) is 9.18 Å². The third-order valence-electron chi connectivity index (χ3n) is 5.69. The number of carbonyl (C=O) groups is 1. The summed E-state index contributed by atoms with van der Waals surface area (Å²) in [6.45, 7) is 7.46. The summed E-state index contributed by atoms with van der Waals surface area (Å²) in [5.41, 5.74) is 3.13. The SMILES string of the molecule is CC(C)c1ccc(CCNC(=O)CSc2nnc(N3CCOCC3)n2-c2cccc(F)c2)cc1. The first-order valence-electron chi connectivity index (χ1n) is 11.5. The second-order valence-corrected chi connectivity index (χ2v) is 9.42. The van der Waals surface area contributed by atoms with Gasteiger partial charge in [0.25, 0.3) is 0 Å². The molecule has 1 aromatic heterocycles. The third-order valence-corrected chi connectivity index (χ3v) is 6.62. The van der Waals surface area contributed by atoms with Crippen molar-refractivity contribution in [1.82, 2.24) is 20.1 Å². The lowest BCUT2D eigenvalue weighted by molar-refractivity contribution is -0.118. The number of benzene rings is 2. The van der Waals surface area contributed by atoms with Crippen LogP contribution in [0, 0.1) is 5.82 Å². The Balaban J connectivity index is 1.38. The van der Waals surface area contributed by atoms with Crippen molar-refractivity contribution < 1.29 is 13.9 Å². The molecule has 9 heteroatoms. The molecule has 34 heavy (non-hydrogen) atoms. The van der Waals surface area contributed by atoms with Crippen LogP contribution in [0.15, 0.2) is 53.7 Å². The molecule has 0 aliphatic carbocycles. The number of halogens is 1. The maximum Gasteiger partial charge on any atom is 0.232 e. The third kappa shape index (κ3) is 6.15. The fourth-order valence-corrected chi connectivity index (χ4v) is 4.54. The zero-order valence-corrected chi connectivity index (χ0v) is 20.4. The molecule has 1 saturated heterocycles. The first kappa shape index (κ1) is 24.2. The molecule has 1 fully saturated rings. The van der Waals surface area contributed by atoms with Crippen molar-refractivity contribution in [2.24, 2.45) is 0 Å². The number of morpholine rings is 1. The van der Waals surface area contributed by atoms with E-state index in [1.807, 2.05) is 10.6 Å². The average molecular weight is 484 g/mol. The summed E-state index contributed by atoms with van der Waals surface area (Å²) in [5, 5.41) is 12.2. The van der Waals surface area contributed by atoms with Gasteiger partial charge in [0, 0.05) is 19.6 Å². The first-order valence-corrected chi connectivity index (χ1v) is 12.5. The molecule has 0 atom stereocenters. The Labute approximate surface area is 203 Å². The number of aromatic nitrogens is 3. The van der Waals surface area contributed by atoms with E-state index in [0.29, 0.717) is 55.6 Å². The molecule has 1 amide bonds. The summed E-state index contributed by atoms with van der Waals surface area (Å²) in [6, 6.07) is 14.8. The molecule has 1 aliphatic rings. The van der Waals surface area contributed by atoms with Crippen LogP contribution in [0.5, 0.6) is 0 Å². The molecule has 0 saturated carbocycles. The molecule has 2 aromatic carbocycles. The lowest BCUT2D eigenvalue weighted by Crippen LogP contribution is -2.37. The molecule has 1 N–H and O–H groups in total. The fraction of sp³-hybridized carbons (Fsp3) is 0.400. The molecule has 2 heterocycles. The number of anilines is 1. The standard InChI is InChI=1S/C25H30FN5O2S/c1-18(2)20-8-6-19(7-9-20)10-11-27-23(32)17-34-25-29-28-24(30-12-14-33-15-13-30)31(25)22-5-3-4-21(26)16-22/h3-9,16,18H,10-15,17H2,1-2H3,(H,27,32). The van der Waals surface area contributed by atoms with Gasteiger partial charge < -0.3 is 15.0 Å². The molecule has 180 valence electrons. The van der Waals surface area contributed by atoms with E-state index >= 15 is 0 Å². The van der Waals surface area contributed by atoms with Crippen molar-refractivity contribution in [2.45, 2.75) is 31.3 Å². The van der Waals surface area contributed by atoms with Crippen molar-refractivity contribution in [1.29, 1.82) is 0 Å². The van der Waals surface area contributed by atoms with E-state index in [1.54, 1.807) is 6.07 Å². The Morgan fingerprint density at radius 1 is 1.15 bits per heavy atom. The number of hydrogen-bond acceptors (Lipinski definition) is 6. The molecular formula is C25H30FN5O2S. The van der Waals surface area contributed by atoms with Gasteiger partial charge in [-0.3, -0.25) is 9.36 Å². The average Bonchev–Trinajstić information content (AvgIpc) is 3.28. The van der Waals surface area contributed by atoms with Gasteiger partial charge in [-0.2, -0.15) is 0 Å². The number of ether oxygens (including phenoxy) is 1. The van der Waals surface area contributed by atoms with Crippen LogP contribution in [-0.2, 0) is 16.0 Å². The van der Waals surface area contributed by atoms with Crippen molar-refractivity contribution in [3.63, 3.8) is 0 Å². The number of thioether (sulfide) groups is 1. The van der Waals surface area contributed by atoms with Crippen LogP contribution in [0.3, 0.4) is 0 Å². The monoisotopic (exact) mass is 483 g/mol. The van der Waals surface area contributed by atoms with Gasteiger partial charge in [-0.05, 0) is 41.7 Å². The van der Waals surface area contributed by atoms with Crippen LogP contribution in [0.25, 0.3) is 5.69 Å². The Morgan fingerprint density at radius 2 is 1.91 bits per heavy atom. The molecule has 1 aliphatic heterocycles.